The SMILES string of the molecule is C=O.[Cl-].[Cl-].[Cl-].[Ru+3].c1ccc(P(c2ccccc2)c2ccccc2)cc1. The molecule has 3 rings (SSSR count). The molecular formula is C19H17Cl3OPRu. The normalized spacial score (nSPS) is 8.20. The Labute approximate surface area is 182 Å². The van der Waals surface area contributed by atoms with Crippen LogP contribution in [0.4, 0.5) is 0 Å². The average Bonchev–Trinajstić information content (AvgIpc) is 2.60. The Morgan fingerprint density at radius 3 is 0.880 bits per heavy atom. The van der Waals surface area contributed by atoms with Crippen molar-refractivity contribution in [2.75, 3.05) is 0 Å². The van der Waals surface area contributed by atoms with Crippen LogP contribution in [0.5, 0.6) is 0 Å². The molecule has 6 heteroatoms. The summed E-state index contributed by atoms with van der Waals surface area (Å²) >= 11 is 0. The molecule has 0 spiro atoms. The third kappa shape index (κ3) is 8.45. The molecule has 0 aliphatic carbocycles. The summed E-state index contributed by atoms with van der Waals surface area (Å²) in [5, 5.41) is 4.19. The molecule has 0 N–H and O–H groups in total. The Morgan fingerprint density at radius 1 is 0.480 bits per heavy atom. The minimum atomic E-state index is -0.446. The van der Waals surface area contributed by atoms with Gasteiger partial charge in [-0.25, -0.2) is 0 Å². The number of hydrogen-bond donors (Lipinski definition) is 0. The van der Waals surface area contributed by atoms with Crippen LogP contribution in [0.25, 0.3) is 0 Å². The molecule has 0 heterocycles. The van der Waals surface area contributed by atoms with Gasteiger partial charge in [0.1, 0.15) is 6.79 Å². The fourth-order valence-corrected chi connectivity index (χ4v) is 4.48. The minimum absolute atomic E-state index is 0. The number of benzene rings is 3. The van der Waals surface area contributed by atoms with Crippen LogP contribution in [-0.2, 0) is 24.3 Å². The van der Waals surface area contributed by atoms with E-state index in [9.17, 15) is 0 Å². The first-order valence-electron chi connectivity index (χ1n) is 6.69. The molecule has 0 saturated carbocycles. The van der Waals surface area contributed by atoms with E-state index in [-0.39, 0.29) is 56.7 Å². The number of carbonyl (C=O) groups is 1. The third-order valence-electron chi connectivity index (χ3n) is 3.04. The molecule has 1 nitrogen and oxygen atoms in total. The van der Waals surface area contributed by atoms with Crippen LogP contribution < -0.4 is 53.1 Å². The summed E-state index contributed by atoms with van der Waals surface area (Å²) in [7, 11) is -0.446. The molecule has 0 aromatic heterocycles. The zero-order valence-corrected chi connectivity index (χ0v) is 18.1. The first kappa shape index (κ1) is 29.0. The van der Waals surface area contributed by atoms with Crippen LogP contribution in [0, 0.1) is 0 Å². The van der Waals surface area contributed by atoms with Gasteiger partial charge >= 0.3 is 19.5 Å². The first-order valence-corrected chi connectivity index (χ1v) is 8.03. The van der Waals surface area contributed by atoms with Crippen molar-refractivity contribution in [1.29, 1.82) is 0 Å². The minimum Gasteiger partial charge on any atom is -1.00 e. The molecule has 3 aromatic carbocycles. The van der Waals surface area contributed by atoms with Crippen molar-refractivity contribution < 1.29 is 61.5 Å². The van der Waals surface area contributed by atoms with Gasteiger partial charge in [0, 0.05) is 0 Å². The maximum absolute atomic E-state index is 8.00. The number of halogens is 3. The molecule has 3 aromatic rings. The van der Waals surface area contributed by atoms with Gasteiger partial charge in [0.05, 0.1) is 0 Å². The third-order valence-corrected chi connectivity index (χ3v) is 5.49. The Hall–Kier alpha value is -0.747. The molecule has 0 aliphatic rings. The molecule has 25 heavy (non-hydrogen) atoms. The van der Waals surface area contributed by atoms with Gasteiger partial charge in [-0.05, 0) is 23.8 Å². The topological polar surface area (TPSA) is 17.1 Å². The summed E-state index contributed by atoms with van der Waals surface area (Å²) in [5.41, 5.74) is 0. The summed E-state index contributed by atoms with van der Waals surface area (Å²) in [6.45, 7) is 2.00. The second-order valence-electron chi connectivity index (χ2n) is 4.34. The van der Waals surface area contributed by atoms with E-state index in [0.29, 0.717) is 0 Å². The molecule has 0 unspecified atom stereocenters. The van der Waals surface area contributed by atoms with Crippen molar-refractivity contribution in [3.63, 3.8) is 0 Å². The number of carbonyl (C=O) groups excluding carboxylic acids is 1. The molecule has 0 fully saturated rings. The second-order valence-corrected chi connectivity index (χ2v) is 6.56. The van der Waals surface area contributed by atoms with Gasteiger partial charge in [0.15, 0.2) is 0 Å². The summed E-state index contributed by atoms with van der Waals surface area (Å²) in [6.07, 6.45) is 0. The van der Waals surface area contributed by atoms with Crippen LogP contribution in [0.2, 0.25) is 0 Å². The summed E-state index contributed by atoms with van der Waals surface area (Å²) < 4.78 is 0. The zero-order valence-electron chi connectivity index (χ0n) is 13.2. The maximum atomic E-state index is 8.00. The van der Waals surface area contributed by atoms with E-state index in [0.717, 1.165) is 0 Å². The van der Waals surface area contributed by atoms with E-state index in [1.807, 2.05) is 6.79 Å². The van der Waals surface area contributed by atoms with E-state index < -0.39 is 7.92 Å². The second kappa shape index (κ2) is 16.7. The van der Waals surface area contributed by atoms with Crippen molar-refractivity contribution in [2.45, 2.75) is 0 Å². The Bertz CT molecular complexity index is 563. The smallest absolute Gasteiger partial charge is 1.00 e. The quantitative estimate of drug-likeness (QED) is 0.259. The Balaban J connectivity index is -0.000000780. The monoisotopic (exact) mass is 499 g/mol. The van der Waals surface area contributed by atoms with Crippen molar-refractivity contribution in [3.05, 3.63) is 91.0 Å². The van der Waals surface area contributed by atoms with Crippen molar-refractivity contribution in [1.82, 2.24) is 0 Å². The average molecular weight is 500 g/mol. The summed E-state index contributed by atoms with van der Waals surface area (Å²) in [5.74, 6) is 0. The fourth-order valence-electron chi connectivity index (χ4n) is 2.18. The standard InChI is InChI=1S/C18H15P.CH2O.3ClH.Ru/c1-4-10-16(11-5-1)19(17-12-6-2-7-13-17)18-14-8-3-9-15-18;1-2;;;;/h1-15H;1H2;3*1H;/q;;;;;+3/p-3. The molecule has 1 radical (unpaired) electrons. The van der Waals surface area contributed by atoms with Crippen LogP contribution in [-0.4, -0.2) is 6.79 Å². The summed E-state index contributed by atoms with van der Waals surface area (Å²) in [4.78, 5) is 8.00. The maximum Gasteiger partial charge on any atom is 3.00 e. The fraction of sp³-hybridized carbons (Fsp3) is 0. The van der Waals surface area contributed by atoms with Gasteiger partial charge in [0.25, 0.3) is 0 Å². The summed E-state index contributed by atoms with van der Waals surface area (Å²) in [6, 6.07) is 32.3. The molecule has 0 atom stereocenters. The van der Waals surface area contributed by atoms with E-state index in [1.54, 1.807) is 0 Å². The molecule has 0 amide bonds. The van der Waals surface area contributed by atoms with Crippen LogP contribution in [0.1, 0.15) is 0 Å². The van der Waals surface area contributed by atoms with E-state index in [4.69, 9.17) is 4.79 Å². The predicted molar refractivity (Wildman–Crippen MR) is 92.3 cm³/mol. The first-order chi connectivity index (χ1) is 10.4. The number of rotatable bonds is 3. The van der Waals surface area contributed by atoms with Crippen LogP contribution >= 0.6 is 7.92 Å². The van der Waals surface area contributed by atoms with E-state index >= 15 is 0 Å². The van der Waals surface area contributed by atoms with Gasteiger partial charge in [-0.3, -0.25) is 0 Å². The van der Waals surface area contributed by atoms with Crippen molar-refractivity contribution in [3.8, 4) is 0 Å². The Morgan fingerprint density at radius 2 is 0.680 bits per heavy atom. The molecule has 133 valence electrons. The number of hydrogen-bond acceptors (Lipinski definition) is 1. The van der Waals surface area contributed by atoms with Gasteiger partial charge in [-0.2, -0.15) is 0 Å². The Kier molecular flexibility index (Phi) is 19.4. The van der Waals surface area contributed by atoms with Gasteiger partial charge in [-0.15, -0.1) is 0 Å². The molecule has 0 bridgehead atoms. The molecule has 0 aliphatic heterocycles. The largest absolute Gasteiger partial charge is 3.00 e. The van der Waals surface area contributed by atoms with Gasteiger partial charge in [-0.1, -0.05) is 91.0 Å². The molecular weight excluding hydrogens is 483 g/mol. The van der Waals surface area contributed by atoms with E-state index in [1.165, 1.54) is 15.9 Å². The van der Waals surface area contributed by atoms with Crippen LogP contribution in [0.15, 0.2) is 91.0 Å². The zero-order chi connectivity index (χ0) is 14.9. The van der Waals surface area contributed by atoms with E-state index in [2.05, 4.69) is 91.0 Å². The van der Waals surface area contributed by atoms with Crippen molar-refractivity contribution in [2.24, 2.45) is 0 Å². The van der Waals surface area contributed by atoms with Crippen molar-refractivity contribution >= 4 is 30.6 Å². The molecule has 0 saturated heterocycles. The predicted octanol–water partition coefficient (Wildman–Crippen LogP) is -5.73. The van der Waals surface area contributed by atoms with Gasteiger partial charge in [0.2, 0.25) is 0 Å². The van der Waals surface area contributed by atoms with Gasteiger partial charge < -0.3 is 42.0 Å². The van der Waals surface area contributed by atoms with Crippen LogP contribution in [0.3, 0.4) is 0 Å².